The van der Waals surface area contributed by atoms with Gasteiger partial charge >= 0.3 is 0 Å². The van der Waals surface area contributed by atoms with Gasteiger partial charge in [0.05, 0.1) is 18.3 Å². The van der Waals surface area contributed by atoms with Gasteiger partial charge < -0.3 is 10.8 Å². The van der Waals surface area contributed by atoms with Gasteiger partial charge in [-0.25, -0.2) is 13.1 Å². The Bertz CT molecular complexity index is 725. The number of nitrogen functional groups attached to an aromatic ring is 1. The van der Waals surface area contributed by atoms with Crippen LogP contribution in [0.2, 0.25) is 0 Å². The van der Waals surface area contributed by atoms with E-state index < -0.39 is 16.1 Å². The van der Waals surface area contributed by atoms with Crippen molar-refractivity contribution in [1.29, 1.82) is 0 Å². The van der Waals surface area contributed by atoms with Gasteiger partial charge in [0.15, 0.2) is 5.82 Å². The molecule has 0 bridgehead atoms. The number of rotatable bonds is 5. The number of aliphatic hydroxyl groups excluding tert-OH is 1. The maximum absolute atomic E-state index is 12.5. The standard InChI is InChI=1S/C13H18N4O3S/c1-9-12(13(14)15-17(9)2)21(19,20)16-11(8-18)10-6-4-3-5-7-10/h3-7,11,16,18H,8H2,1-2H3,(H2,14,15)/t11-/m1/s1. The predicted octanol–water partition coefficient (Wildman–Crippen LogP) is 0.323. The minimum Gasteiger partial charge on any atom is -0.394 e. The Morgan fingerprint density at radius 1 is 1.38 bits per heavy atom. The fourth-order valence-corrected chi connectivity index (χ4v) is 3.63. The summed E-state index contributed by atoms with van der Waals surface area (Å²) in [7, 11) is -2.26. The summed E-state index contributed by atoms with van der Waals surface area (Å²) in [6, 6.07) is 8.10. The number of hydrogen-bond donors (Lipinski definition) is 3. The molecule has 2 aromatic rings. The van der Waals surface area contributed by atoms with E-state index in [1.54, 1.807) is 38.2 Å². The SMILES string of the molecule is Cc1c(S(=O)(=O)N[C@H](CO)c2ccccc2)c(N)nn1C. The summed E-state index contributed by atoms with van der Waals surface area (Å²) >= 11 is 0. The number of sulfonamides is 1. The van der Waals surface area contributed by atoms with Crippen molar-refractivity contribution in [2.45, 2.75) is 17.9 Å². The highest BCUT2D eigenvalue weighted by Gasteiger charge is 2.27. The molecule has 114 valence electrons. The summed E-state index contributed by atoms with van der Waals surface area (Å²) < 4.78 is 28.8. The first kappa shape index (κ1) is 15.5. The van der Waals surface area contributed by atoms with Crippen molar-refractivity contribution in [2.24, 2.45) is 7.05 Å². The van der Waals surface area contributed by atoms with Crippen LogP contribution in [0.5, 0.6) is 0 Å². The lowest BCUT2D eigenvalue weighted by atomic mass is 10.1. The Labute approximate surface area is 123 Å². The van der Waals surface area contributed by atoms with Crippen molar-refractivity contribution in [1.82, 2.24) is 14.5 Å². The second-order valence-electron chi connectivity index (χ2n) is 4.69. The summed E-state index contributed by atoms with van der Waals surface area (Å²) in [5, 5.41) is 13.4. The molecule has 0 saturated heterocycles. The van der Waals surface area contributed by atoms with Gasteiger partial charge in [0, 0.05) is 7.05 Å². The fraction of sp³-hybridized carbons (Fsp3) is 0.308. The lowest BCUT2D eigenvalue weighted by Crippen LogP contribution is -2.31. The van der Waals surface area contributed by atoms with Gasteiger partial charge in [-0.2, -0.15) is 5.10 Å². The lowest BCUT2D eigenvalue weighted by molar-refractivity contribution is 0.259. The average Bonchev–Trinajstić information content (AvgIpc) is 2.71. The maximum atomic E-state index is 12.5. The van der Waals surface area contributed by atoms with E-state index in [-0.39, 0.29) is 17.3 Å². The van der Waals surface area contributed by atoms with Crippen LogP contribution in [0.3, 0.4) is 0 Å². The molecule has 2 rings (SSSR count). The molecule has 1 aromatic carbocycles. The minimum absolute atomic E-state index is 0.0561. The number of benzene rings is 1. The van der Waals surface area contributed by atoms with E-state index in [0.29, 0.717) is 11.3 Å². The van der Waals surface area contributed by atoms with Gasteiger partial charge in [0.1, 0.15) is 4.90 Å². The van der Waals surface area contributed by atoms with E-state index in [1.807, 2.05) is 6.07 Å². The topological polar surface area (TPSA) is 110 Å². The van der Waals surface area contributed by atoms with Crippen molar-refractivity contribution in [2.75, 3.05) is 12.3 Å². The molecule has 0 radical (unpaired) electrons. The summed E-state index contributed by atoms with van der Waals surface area (Å²) in [6.07, 6.45) is 0. The Morgan fingerprint density at radius 3 is 2.48 bits per heavy atom. The zero-order valence-electron chi connectivity index (χ0n) is 11.8. The molecule has 1 aromatic heterocycles. The molecule has 8 heteroatoms. The average molecular weight is 310 g/mol. The van der Waals surface area contributed by atoms with E-state index in [1.165, 1.54) is 4.68 Å². The molecule has 0 aliphatic carbocycles. The Balaban J connectivity index is 2.36. The molecular weight excluding hydrogens is 292 g/mol. The minimum atomic E-state index is -3.88. The molecular formula is C13H18N4O3S. The highest BCUT2D eigenvalue weighted by atomic mass is 32.2. The lowest BCUT2D eigenvalue weighted by Gasteiger charge is -2.16. The smallest absolute Gasteiger partial charge is 0.246 e. The molecule has 7 nitrogen and oxygen atoms in total. The van der Waals surface area contributed by atoms with Gasteiger partial charge in [0.2, 0.25) is 10.0 Å². The van der Waals surface area contributed by atoms with Crippen LogP contribution in [0.4, 0.5) is 5.82 Å². The normalized spacial score (nSPS) is 13.3. The molecule has 1 heterocycles. The van der Waals surface area contributed by atoms with Gasteiger partial charge in [0.25, 0.3) is 0 Å². The van der Waals surface area contributed by atoms with E-state index in [0.717, 1.165) is 0 Å². The fourth-order valence-electron chi connectivity index (χ4n) is 2.09. The van der Waals surface area contributed by atoms with Gasteiger partial charge in [-0.05, 0) is 12.5 Å². The van der Waals surface area contributed by atoms with Crippen LogP contribution < -0.4 is 10.5 Å². The number of nitrogens with two attached hydrogens (primary N) is 1. The van der Waals surface area contributed by atoms with Crippen LogP contribution in [-0.2, 0) is 17.1 Å². The number of anilines is 1. The third kappa shape index (κ3) is 3.07. The molecule has 0 aliphatic rings. The second-order valence-corrected chi connectivity index (χ2v) is 6.34. The van der Waals surface area contributed by atoms with Crippen LogP contribution in [0, 0.1) is 6.92 Å². The predicted molar refractivity (Wildman–Crippen MR) is 78.9 cm³/mol. The number of aliphatic hydroxyl groups is 1. The third-order valence-corrected chi connectivity index (χ3v) is 4.89. The Kier molecular flexibility index (Phi) is 4.31. The zero-order chi connectivity index (χ0) is 15.6. The zero-order valence-corrected chi connectivity index (χ0v) is 12.6. The van der Waals surface area contributed by atoms with Crippen molar-refractivity contribution in [3.05, 3.63) is 41.6 Å². The number of aryl methyl sites for hydroxylation is 1. The van der Waals surface area contributed by atoms with Crippen LogP contribution in [0.1, 0.15) is 17.3 Å². The first-order valence-corrected chi connectivity index (χ1v) is 7.82. The quantitative estimate of drug-likeness (QED) is 0.737. The van der Waals surface area contributed by atoms with Crippen LogP contribution in [0.25, 0.3) is 0 Å². The number of nitrogens with zero attached hydrogens (tertiary/aromatic N) is 2. The number of aromatic nitrogens is 2. The van der Waals surface area contributed by atoms with Gasteiger partial charge in [-0.1, -0.05) is 30.3 Å². The van der Waals surface area contributed by atoms with E-state index >= 15 is 0 Å². The van der Waals surface area contributed by atoms with E-state index in [9.17, 15) is 13.5 Å². The summed E-state index contributed by atoms with van der Waals surface area (Å²) in [5.74, 6) is -0.0627. The molecule has 21 heavy (non-hydrogen) atoms. The highest BCUT2D eigenvalue weighted by Crippen LogP contribution is 2.23. The summed E-state index contributed by atoms with van der Waals surface area (Å²) in [4.78, 5) is -0.0561. The van der Waals surface area contributed by atoms with Crippen molar-refractivity contribution in [3.8, 4) is 0 Å². The number of nitrogens with one attached hydrogen (secondary N) is 1. The monoisotopic (exact) mass is 310 g/mol. The molecule has 0 unspecified atom stereocenters. The van der Waals surface area contributed by atoms with E-state index in [4.69, 9.17) is 5.73 Å². The summed E-state index contributed by atoms with van der Waals surface area (Å²) in [6.45, 7) is 1.26. The van der Waals surface area contributed by atoms with Crippen molar-refractivity contribution in [3.63, 3.8) is 0 Å². The molecule has 0 aliphatic heterocycles. The van der Waals surface area contributed by atoms with E-state index in [2.05, 4.69) is 9.82 Å². The number of hydrogen-bond acceptors (Lipinski definition) is 5. The van der Waals surface area contributed by atoms with Crippen LogP contribution in [-0.4, -0.2) is 29.9 Å². The maximum Gasteiger partial charge on any atom is 0.246 e. The molecule has 0 spiro atoms. The Morgan fingerprint density at radius 2 is 2.00 bits per heavy atom. The first-order chi connectivity index (χ1) is 9.86. The molecule has 0 saturated carbocycles. The molecule has 1 atom stereocenters. The largest absolute Gasteiger partial charge is 0.394 e. The van der Waals surface area contributed by atoms with Gasteiger partial charge in [-0.15, -0.1) is 0 Å². The Hall–Kier alpha value is -1.90. The third-order valence-electron chi connectivity index (χ3n) is 3.26. The van der Waals surface area contributed by atoms with Crippen molar-refractivity contribution >= 4 is 15.8 Å². The summed E-state index contributed by atoms with van der Waals surface area (Å²) in [5.41, 5.74) is 6.78. The molecule has 4 N–H and O–H groups in total. The second kappa shape index (κ2) is 5.84. The van der Waals surface area contributed by atoms with Gasteiger partial charge in [-0.3, -0.25) is 4.68 Å². The van der Waals surface area contributed by atoms with Crippen LogP contribution >= 0.6 is 0 Å². The molecule has 0 fully saturated rings. The highest BCUT2D eigenvalue weighted by molar-refractivity contribution is 7.89. The first-order valence-electron chi connectivity index (χ1n) is 6.34. The molecule has 0 amide bonds. The van der Waals surface area contributed by atoms with Crippen LogP contribution in [0.15, 0.2) is 35.2 Å². The van der Waals surface area contributed by atoms with Crippen molar-refractivity contribution < 1.29 is 13.5 Å².